The van der Waals surface area contributed by atoms with Gasteiger partial charge in [0.2, 0.25) is 0 Å². The molecule has 0 radical (unpaired) electrons. The number of carbonyl (C=O) groups excluding carboxylic acids is 1. The van der Waals surface area contributed by atoms with Crippen LogP contribution in [0.25, 0.3) is 10.9 Å². The molecule has 0 unspecified atom stereocenters. The molecule has 0 saturated heterocycles. The van der Waals surface area contributed by atoms with E-state index in [0.29, 0.717) is 24.0 Å². The Morgan fingerprint density at radius 3 is 2.96 bits per heavy atom. The van der Waals surface area contributed by atoms with Gasteiger partial charge in [-0.3, -0.25) is 4.79 Å². The second-order valence-corrected chi connectivity index (χ2v) is 7.17. The number of alkyl halides is 2. The lowest BCUT2D eigenvalue weighted by atomic mass is 10.0. The quantitative estimate of drug-likeness (QED) is 0.655. The maximum Gasteiger partial charge on any atom is 0.262 e. The van der Waals surface area contributed by atoms with Gasteiger partial charge in [0, 0.05) is 17.6 Å². The lowest BCUT2D eigenvalue weighted by Gasteiger charge is -2.32. The monoisotopic (exact) mass is 372 g/mol. The molecule has 0 bridgehead atoms. The molecule has 3 aromatic heterocycles. The molecule has 9 heteroatoms. The van der Waals surface area contributed by atoms with Crippen molar-refractivity contribution in [2.24, 2.45) is 5.92 Å². The highest BCUT2D eigenvalue weighted by molar-refractivity contribution is 6.07. The van der Waals surface area contributed by atoms with Crippen LogP contribution < -0.4 is 10.6 Å². The number of aromatic amines is 1. The molecule has 1 aliphatic heterocycles. The average Bonchev–Trinajstić information content (AvgIpc) is 3.24. The second-order valence-electron chi connectivity index (χ2n) is 7.17. The zero-order valence-corrected chi connectivity index (χ0v) is 14.3. The number of amides is 1. The van der Waals surface area contributed by atoms with Crippen molar-refractivity contribution in [2.75, 3.05) is 10.6 Å². The van der Waals surface area contributed by atoms with Gasteiger partial charge in [0.05, 0.1) is 17.9 Å². The van der Waals surface area contributed by atoms with Crippen LogP contribution in [0.5, 0.6) is 0 Å². The minimum Gasteiger partial charge on any atom is -0.367 e. The third-order valence-electron chi connectivity index (χ3n) is 5.33. The molecule has 1 amide bonds. The van der Waals surface area contributed by atoms with E-state index < -0.39 is 18.4 Å². The Hall–Kier alpha value is -2.97. The molecule has 140 valence electrons. The van der Waals surface area contributed by atoms with E-state index in [2.05, 4.69) is 25.7 Å². The maximum atomic E-state index is 13.5. The Kier molecular flexibility index (Phi) is 3.63. The van der Waals surface area contributed by atoms with Gasteiger partial charge in [-0.05, 0) is 37.3 Å². The summed E-state index contributed by atoms with van der Waals surface area (Å²) in [5.41, 5.74) is 1.12. The molecular formula is C18H18F2N6O. The van der Waals surface area contributed by atoms with Gasteiger partial charge in [0.25, 0.3) is 12.3 Å². The van der Waals surface area contributed by atoms with Gasteiger partial charge in [-0.15, -0.1) is 0 Å². The minimum absolute atomic E-state index is 0.0471. The van der Waals surface area contributed by atoms with Gasteiger partial charge >= 0.3 is 0 Å². The number of hydrogen-bond donors (Lipinski definition) is 3. The number of fused-ring (bicyclic) bond motifs is 2. The van der Waals surface area contributed by atoms with E-state index in [1.807, 2.05) is 6.07 Å². The molecule has 2 aliphatic rings. The van der Waals surface area contributed by atoms with E-state index in [4.69, 9.17) is 0 Å². The van der Waals surface area contributed by atoms with Crippen LogP contribution in [0.2, 0.25) is 0 Å². The minimum atomic E-state index is -2.53. The van der Waals surface area contributed by atoms with Crippen molar-refractivity contribution in [1.29, 1.82) is 0 Å². The number of carbonyl (C=O) groups is 1. The topological polar surface area (TPSA) is 87.6 Å². The molecule has 1 fully saturated rings. The predicted octanol–water partition coefficient (Wildman–Crippen LogP) is 3.41. The summed E-state index contributed by atoms with van der Waals surface area (Å²) in [6.45, 7) is 0. The summed E-state index contributed by atoms with van der Waals surface area (Å²) in [7, 11) is 0. The molecule has 27 heavy (non-hydrogen) atoms. The Balaban J connectivity index is 1.44. The largest absolute Gasteiger partial charge is 0.367 e. The predicted molar refractivity (Wildman–Crippen MR) is 96.1 cm³/mol. The van der Waals surface area contributed by atoms with Crippen LogP contribution in [-0.2, 0) is 0 Å². The zero-order valence-electron chi connectivity index (χ0n) is 14.3. The van der Waals surface area contributed by atoms with Crippen LogP contribution in [0, 0.1) is 5.92 Å². The maximum absolute atomic E-state index is 13.5. The standard InChI is InChI=1S/C18H18F2N6O/c19-16(20)14-6-12(9-1-2-9)24-17-11(7-23-26(14)17)18(27)25-15-5-10-3-4-21-13(10)8-22-15/h3-5,7-9,12,14,16,21,24H,1-2,6H2,(H,22,25,27)/t12-,14+/m1/s1. The van der Waals surface area contributed by atoms with Gasteiger partial charge in [0.1, 0.15) is 23.2 Å². The van der Waals surface area contributed by atoms with Crippen molar-refractivity contribution in [3.63, 3.8) is 0 Å². The van der Waals surface area contributed by atoms with Gasteiger partial charge in [-0.2, -0.15) is 5.10 Å². The van der Waals surface area contributed by atoms with Crippen molar-refractivity contribution < 1.29 is 13.6 Å². The van der Waals surface area contributed by atoms with Crippen LogP contribution in [0.4, 0.5) is 20.4 Å². The first-order valence-electron chi connectivity index (χ1n) is 8.97. The second kappa shape index (κ2) is 6.04. The van der Waals surface area contributed by atoms with E-state index in [1.54, 1.807) is 18.5 Å². The highest BCUT2D eigenvalue weighted by Crippen LogP contribution is 2.42. The fourth-order valence-corrected chi connectivity index (χ4v) is 3.74. The van der Waals surface area contributed by atoms with E-state index in [9.17, 15) is 13.6 Å². The molecule has 7 nitrogen and oxygen atoms in total. The Morgan fingerprint density at radius 1 is 1.33 bits per heavy atom. The summed E-state index contributed by atoms with van der Waals surface area (Å²) < 4.78 is 28.3. The van der Waals surface area contributed by atoms with Crippen molar-refractivity contribution in [3.05, 3.63) is 36.3 Å². The summed E-state index contributed by atoms with van der Waals surface area (Å²) in [6.07, 6.45) is 4.63. The number of halogens is 2. The number of rotatable bonds is 4. The van der Waals surface area contributed by atoms with Crippen molar-refractivity contribution in [2.45, 2.75) is 37.8 Å². The zero-order chi connectivity index (χ0) is 18.5. The first-order valence-corrected chi connectivity index (χ1v) is 8.97. The number of pyridine rings is 1. The average molecular weight is 372 g/mol. The number of hydrogen-bond acceptors (Lipinski definition) is 4. The smallest absolute Gasteiger partial charge is 0.262 e. The van der Waals surface area contributed by atoms with E-state index >= 15 is 0 Å². The van der Waals surface area contributed by atoms with Gasteiger partial charge < -0.3 is 15.6 Å². The molecule has 5 rings (SSSR count). The highest BCUT2D eigenvalue weighted by Gasteiger charge is 2.41. The van der Waals surface area contributed by atoms with Crippen molar-refractivity contribution in [3.8, 4) is 0 Å². The highest BCUT2D eigenvalue weighted by atomic mass is 19.3. The molecular weight excluding hydrogens is 354 g/mol. The van der Waals surface area contributed by atoms with Crippen molar-refractivity contribution in [1.82, 2.24) is 19.7 Å². The first-order chi connectivity index (χ1) is 13.1. The summed E-state index contributed by atoms with van der Waals surface area (Å²) >= 11 is 0. The van der Waals surface area contributed by atoms with Crippen LogP contribution in [0.1, 0.15) is 35.7 Å². The summed E-state index contributed by atoms with van der Waals surface area (Å²) in [4.78, 5) is 20.0. The lowest BCUT2D eigenvalue weighted by Crippen LogP contribution is -2.37. The fourth-order valence-electron chi connectivity index (χ4n) is 3.74. The number of H-pyrrole nitrogens is 1. The summed E-state index contributed by atoms with van der Waals surface area (Å²) in [6, 6.07) is 2.57. The summed E-state index contributed by atoms with van der Waals surface area (Å²) in [5.74, 6) is 0.731. The lowest BCUT2D eigenvalue weighted by molar-refractivity contribution is 0.0644. The van der Waals surface area contributed by atoms with E-state index in [-0.39, 0.29) is 11.6 Å². The van der Waals surface area contributed by atoms with Crippen LogP contribution in [0.3, 0.4) is 0 Å². The van der Waals surface area contributed by atoms with E-state index in [1.165, 1.54) is 10.9 Å². The van der Waals surface area contributed by atoms with Crippen LogP contribution in [-0.4, -0.2) is 38.1 Å². The summed E-state index contributed by atoms with van der Waals surface area (Å²) in [5, 5.41) is 11.0. The molecule has 4 heterocycles. The first kappa shape index (κ1) is 16.2. The van der Waals surface area contributed by atoms with E-state index in [0.717, 1.165) is 23.7 Å². The van der Waals surface area contributed by atoms with Crippen LogP contribution in [0.15, 0.2) is 30.7 Å². The molecule has 1 aliphatic carbocycles. The normalized spacial score (nSPS) is 21.9. The molecule has 0 spiro atoms. The third kappa shape index (κ3) is 2.83. The molecule has 3 aromatic rings. The molecule has 0 aromatic carbocycles. The van der Waals surface area contributed by atoms with Gasteiger partial charge in [0.15, 0.2) is 0 Å². The molecule has 2 atom stereocenters. The molecule has 3 N–H and O–H groups in total. The Morgan fingerprint density at radius 2 is 2.19 bits per heavy atom. The van der Waals surface area contributed by atoms with Gasteiger partial charge in [-0.1, -0.05) is 0 Å². The van der Waals surface area contributed by atoms with Crippen molar-refractivity contribution >= 4 is 28.4 Å². The SMILES string of the molecule is O=C(Nc1cc2cc[nH]c2cn1)c1cnn2c1N[C@@H](C1CC1)C[C@H]2C(F)F. The van der Waals surface area contributed by atoms with Gasteiger partial charge in [-0.25, -0.2) is 18.4 Å². The number of aromatic nitrogens is 4. The Bertz CT molecular complexity index is 1010. The Labute approximate surface area is 153 Å². The fraction of sp³-hybridized carbons (Fsp3) is 0.389. The van der Waals surface area contributed by atoms with Crippen LogP contribution >= 0.6 is 0 Å². The number of nitrogens with zero attached hydrogens (tertiary/aromatic N) is 3. The number of anilines is 2. The molecule has 1 saturated carbocycles. The third-order valence-corrected chi connectivity index (χ3v) is 5.33. The number of nitrogens with one attached hydrogen (secondary N) is 3.